The van der Waals surface area contributed by atoms with Gasteiger partial charge in [-0.25, -0.2) is 0 Å². The molecule has 1 radical (unpaired) electrons. The van der Waals surface area contributed by atoms with Crippen LogP contribution in [0.15, 0.2) is 24.4 Å². The summed E-state index contributed by atoms with van der Waals surface area (Å²) in [6.07, 6.45) is 4.34. The van der Waals surface area contributed by atoms with E-state index in [0.29, 0.717) is 0 Å². The van der Waals surface area contributed by atoms with E-state index >= 15 is 0 Å². The van der Waals surface area contributed by atoms with Crippen LogP contribution in [0.1, 0.15) is 0 Å². The van der Waals surface area contributed by atoms with Crippen molar-refractivity contribution < 1.29 is 41.2 Å². The van der Waals surface area contributed by atoms with Crippen molar-refractivity contribution in [2.75, 3.05) is 0 Å². The number of nitrogens with zero attached hydrogens (tertiary/aromatic N) is 1. The molecule has 1 aromatic heterocycles. The molecule has 0 aliphatic heterocycles. The minimum Gasteiger partial charge on any atom is -1.00 e. The van der Waals surface area contributed by atoms with Crippen molar-refractivity contribution in [2.24, 2.45) is 0 Å². The summed E-state index contributed by atoms with van der Waals surface area (Å²) in [5.74, 6) is 0. The van der Waals surface area contributed by atoms with Crippen molar-refractivity contribution >= 4 is 0 Å². The van der Waals surface area contributed by atoms with Crippen molar-refractivity contribution in [1.82, 2.24) is 4.98 Å². The van der Waals surface area contributed by atoms with E-state index in [4.69, 9.17) is 0 Å². The minimum absolute atomic E-state index is 0. The van der Waals surface area contributed by atoms with Gasteiger partial charge in [-0.15, -0.1) is 0 Å². The Morgan fingerprint density at radius 1 is 0.909 bits per heavy atom. The molecule has 0 saturated carbocycles. The molecule has 11 heavy (non-hydrogen) atoms. The maximum Gasteiger partial charge on any atom is 0 e. The van der Waals surface area contributed by atoms with Crippen LogP contribution in [-0.4, -0.2) is 4.98 Å². The zero-order chi connectivity index (χ0) is 4.24. The maximum atomic E-state index is 3.66. The third kappa shape index (κ3) is 17.7. The number of aromatic nitrogens is 1. The molecule has 0 spiro atoms. The second-order valence-electron chi connectivity index (χ2n) is 0.959. The van der Waals surface area contributed by atoms with E-state index in [0.717, 1.165) is 0 Å². The molecule has 1 nitrogen and oxygen atoms in total. The normalized spacial score (nSPS) is 4.36. The molecule has 0 unspecified atom stereocenters. The predicted octanol–water partition coefficient (Wildman–Crippen LogP) is -11.1. The maximum absolute atomic E-state index is 3.66. The van der Waals surface area contributed by atoms with Crippen molar-refractivity contribution in [3.8, 4) is 0 Å². The van der Waals surface area contributed by atoms with E-state index in [1.807, 2.05) is 12.1 Å². The Hall–Kier alpha value is -0.390. The van der Waals surface area contributed by atoms with Crippen molar-refractivity contribution in [3.05, 3.63) is 30.6 Å². The number of halogens is 4. The largest absolute Gasteiger partial charge is 1.00 e. The van der Waals surface area contributed by atoms with Crippen molar-refractivity contribution in [2.45, 2.75) is 0 Å². The molecule has 0 aliphatic rings. The summed E-state index contributed by atoms with van der Waals surface area (Å²) in [6.45, 7) is 0. The third-order valence-electron chi connectivity index (χ3n) is 0.517. The Morgan fingerprint density at radius 3 is 1.55 bits per heavy atom. The number of pyridine rings is 1. The summed E-state index contributed by atoms with van der Waals surface area (Å²) in [5, 5.41) is 0. The molecule has 0 bridgehead atoms. The molecule has 0 aromatic carbocycles. The van der Waals surface area contributed by atoms with Crippen LogP contribution in [-0.2, 0) is 22.4 Å². The van der Waals surface area contributed by atoms with Gasteiger partial charge in [-0.3, -0.25) is 0 Å². The standard InChI is InChI=1S/C5H4N.Au.4FH/c1-2-4-6-5-3-1;;;;;/h1-4H;;4*1H/q-1;;;;;/p-4. The van der Waals surface area contributed by atoms with Crippen molar-refractivity contribution in [1.29, 1.82) is 0 Å². The Bertz CT molecular complexity index is 90.4. The van der Waals surface area contributed by atoms with Gasteiger partial charge in [-0.2, -0.15) is 18.2 Å². The van der Waals surface area contributed by atoms with Crippen molar-refractivity contribution in [3.63, 3.8) is 0 Å². The molecule has 0 N–H and O–H groups in total. The zero-order valence-corrected chi connectivity index (χ0v) is 7.24. The fourth-order valence-corrected chi connectivity index (χ4v) is 0.277. The molecular formula is C5H4AuF4N-5. The minimum atomic E-state index is 0. The first-order valence-electron chi connectivity index (χ1n) is 1.77. The van der Waals surface area contributed by atoms with Crippen LogP contribution in [0.4, 0.5) is 0 Å². The molecular weight excluding hydrogens is 347 g/mol. The zero-order valence-electron chi connectivity index (χ0n) is 5.07. The second kappa shape index (κ2) is 22.6. The van der Waals surface area contributed by atoms with E-state index in [-0.39, 0.29) is 41.2 Å². The van der Waals surface area contributed by atoms with Crippen LogP contribution >= 0.6 is 0 Å². The Kier molecular flexibility index (Phi) is 64.1. The van der Waals surface area contributed by atoms with Gasteiger partial charge in [0.05, 0.1) is 0 Å². The Morgan fingerprint density at radius 2 is 1.45 bits per heavy atom. The van der Waals surface area contributed by atoms with Gasteiger partial charge in [0.15, 0.2) is 0 Å². The summed E-state index contributed by atoms with van der Waals surface area (Å²) in [5.41, 5.74) is 0. The molecule has 0 aliphatic carbocycles. The number of hydrogen-bond donors (Lipinski definition) is 0. The van der Waals surface area contributed by atoms with E-state index in [2.05, 4.69) is 11.2 Å². The summed E-state index contributed by atoms with van der Waals surface area (Å²) in [4.78, 5) is 3.66. The van der Waals surface area contributed by atoms with Crippen LogP contribution in [0.3, 0.4) is 0 Å². The first-order valence-corrected chi connectivity index (χ1v) is 1.77. The van der Waals surface area contributed by atoms with Gasteiger partial charge >= 0.3 is 0 Å². The van der Waals surface area contributed by atoms with Crippen LogP contribution in [0, 0.1) is 6.20 Å². The summed E-state index contributed by atoms with van der Waals surface area (Å²) >= 11 is 0. The Labute approximate surface area is 77.2 Å². The van der Waals surface area contributed by atoms with Gasteiger partial charge in [0, 0.05) is 22.4 Å². The van der Waals surface area contributed by atoms with Gasteiger partial charge in [0.2, 0.25) is 0 Å². The summed E-state index contributed by atoms with van der Waals surface area (Å²) < 4.78 is 0. The van der Waals surface area contributed by atoms with Gasteiger partial charge in [0.1, 0.15) is 0 Å². The summed E-state index contributed by atoms with van der Waals surface area (Å²) in [6, 6.07) is 5.50. The molecule has 0 amide bonds. The first-order chi connectivity index (χ1) is 3.00. The molecule has 73 valence electrons. The topological polar surface area (TPSA) is 12.9 Å². The molecule has 0 fully saturated rings. The molecule has 1 heterocycles. The van der Waals surface area contributed by atoms with Gasteiger partial charge in [-0.05, 0) is 0 Å². The predicted molar refractivity (Wildman–Crippen MR) is 23.1 cm³/mol. The number of rotatable bonds is 0. The third-order valence-corrected chi connectivity index (χ3v) is 0.517. The van der Waals surface area contributed by atoms with Crippen LogP contribution in [0.5, 0.6) is 0 Å². The van der Waals surface area contributed by atoms with E-state index in [1.54, 1.807) is 12.3 Å². The van der Waals surface area contributed by atoms with E-state index in [9.17, 15) is 0 Å². The molecule has 6 heteroatoms. The van der Waals surface area contributed by atoms with Gasteiger partial charge in [-0.1, -0.05) is 12.4 Å². The monoisotopic (exact) mass is 351 g/mol. The molecule has 1 rings (SSSR count). The first kappa shape index (κ1) is 31.1. The average Bonchev–Trinajstić information content (AvgIpc) is 1.72. The number of hydrogen-bond acceptors (Lipinski definition) is 1. The quantitative estimate of drug-likeness (QED) is 0.257. The molecule has 0 atom stereocenters. The fourth-order valence-electron chi connectivity index (χ4n) is 0.277. The average molecular weight is 351 g/mol. The van der Waals surface area contributed by atoms with Crippen LogP contribution in [0.2, 0.25) is 0 Å². The van der Waals surface area contributed by atoms with Crippen LogP contribution in [0.25, 0.3) is 0 Å². The van der Waals surface area contributed by atoms with Gasteiger partial charge < -0.3 is 23.8 Å². The van der Waals surface area contributed by atoms with Gasteiger partial charge in [0.25, 0.3) is 0 Å². The fraction of sp³-hybridized carbons (Fsp3) is 0. The smallest absolute Gasteiger partial charge is 0 e. The molecule has 1 aromatic rings. The van der Waals surface area contributed by atoms with E-state index in [1.165, 1.54) is 0 Å². The van der Waals surface area contributed by atoms with E-state index < -0.39 is 0 Å². The Balaban J connectivity index is -0.0000000240. The second-order valence-corrected chi connectivity index (χ2v) is 0.959. The SMILES string of the molecule is [Au].[F-].[F-].[F-].[F-].[c-]1ccccn1. The van der Waals surface area contributed by atoms with Crippen LogP contribution < -0.4 is 18.8 Å². The molecule has 0 saturated heterocycles. The summed E-state index contributed by atoms with van der Waals surface area (Å²) in [7, 11) is 0.